The van der Waals surface area contributed by atoms with Gasteiger partial charge in [0.25, 0.3) is 5.91 Å². The maximum Gasteiger partial charge on any atom is 0.326 e. The molecule has 2 rings (SSSR count). The summed E-state index contributed by atoms with van der Waals surface area (Å²) in [6.07, 6.45) is 7.61. The predicted octanol–water partition coefficient (Wildman–Crippen LogP) is 3.65. The summed E-state index contributed by atoms with van der Waals surface area (Å²) < 4.78 is 0.299. The molecule has 0 bridgehead atoms. The Bertz CT molecular complexity index is 686. The fourth-order valence-corrected chi connectivity index (χ4v) is 3.93. The first-order valence-corrected chi connectivity index (χ1v) is 9.87. The number of allylic oxidation sites excluding steroid dienone is 2. The Morgan fingerprint density at radius 2 is 2.12 bits per heavy atom. The molecule has 4 nitrogen and oxygen atoms in total. The normalized spacial score (nSPS) is 17.9. The van der Waals surface area contributed by atoms with Crippen LogP contribution in [0.3, 0.4) is 0 Å². The number of thiocarbonyl (C=S) groups is 1. The van der Waals surface area contributed by atoms with Crippen LogP contribution in [0.4, 0.5) is 0 Å². The second kappa shape index (κ2) is 9.05. The lowest BCUT2D eigenvalue weighted by molar-refractivity contribution is -0.145. The summed E-state index contributed by atoms with van der Waals surface area (Å²) in [6.45, 7) is 0. The first-order valence-electron chi connectivity index (χ1n) is 7.25. The monoisotopic (exact) mass is 379 g/mol. The summed E-state index contributed by atoms with van der Waals surface area (Å²) in [4.78, 5) is 25.7. The van der Waals surface area contributed by atoms with Gasteiger partial charge in [0.05, 0.1) is 4.91 Å². The van der Waals surface area contributed by atoms with Crippen molar-refractivity contribution in [3.8, 4) is 0 Å². The van der Waals surface area contributed by atoms with Crippen LogP contribution in [0.25, 0.3) is 6.08 Å². The van der Waals surface area contributed by atoms with Crippen molar-refractivity contribution < 1.29 is 14.7 Å². The molecular weight excluding hydrogens is 362 g/mol. The number of rotatable bonds is 7. The van der Waals surface area contributed by atoms with E-state index in [-0.39, 0.29) is 5.91 Å². The Labute approximate surface area is 155 Å². The van der Waals surface area contributed by atoms with Crippen LogP contribution in [-0.2, 0) is 9.59 Å². The second-order valence-corrected chi connectivity index (χ2v) is 7.64. The molecular formula is C17H17NO3S3. The average molecular weight is 380 g/mol. The lowest BCUT2D eigenvalue weighted by atomic mass is 10.2. The lowest BCUT2D eigenvalue weighted by Crippen LogP contribution is -2.44. The number of thioether (sulfide) groups is 2. The molecule has 0 aromatic heterocycles. The van der Waals surface area contributed by atoms with Gasteiger partial charge < -0.3 is 5.11 Å². The molecule has 24 heavy (non-hydrogen) atoms. The van der Waals surface area contributed by atoms with Crippen LogP contribution < -0.4 is 0 Å². The van der Waals surface area contributed by atoms with Gasteiger partial charge in [0.1, 0.15) is 10.4 Å². The Hall–Kier alpha value is -1.57. The van der Waals surface area contributed by atoms with Crippen LogP contribution in [0.5, 0.6) is 0 Å². The summed E-state index contributed by atoms with van der Waals surface area (Å²) >= 11 is 7.90. The minimum Gasteiger partial charge on any atom is -0.480 e. The highest BCUT2D eigenvalue weighted by Gasteiger charge is 2.39. The summed E-state index contributed by atoms with van der Waals surface area (Å²) in [7, 11) is 0. The highest BCUT2D eigenvalue weighted by molar-refractivity contribution is 8.26. The van der Waals surface area contributed by atoms with Crippen molar-refractivity contribution in [2.24, 2.45) is 0 Å². The number of benzene rings is 1. The summed E-state index contributed by atoms with van der Waals surface area (Å²) in [5.74, 6) is -0.710. The molecule has 1 fully saturated rings. The first-order chi connectivity index (χ1) is 11.5. The third-order valence-electron chi connectivity index (χ3n) is 3.35. The van der Waals surface area contributed by atoms with Crippen molar-refractivity contribution in [3.63, 3.8) is 0 Å². The summed E-state index contributed by atoms with van der Waals surface area (Å²) in [5.41, 5.74) is 1.02. The predicted molar refractivity (Wildman–Crippen MR) is 105 cm³/mol. The van der Waals surface area contributed by atoms with Gasteiger partial charge in [-0.15, -0.1) is 0 Å². The van der Waals surface area contributed by atoms with Crippen LogP contribution in [0, 0.1) is 0 Å². The first kappa shape index (κ1) is 18.8. The van der Waals surface area contributed by atoms with E-state index in [1.54, 1.807) is 23.9 Å². The van der Waals surface area contributed by atoms with Gasteiger partial charge in [-0.25, -0.2) is 4.79 Å². The van der Waals surface area contributed by atoms with Gasteiger partial charge in [-0.3, -0.25) is 9.69 Å². The van der Waals surface area contributed by atoms with Crippen LogP contribution in [0.1, 0.15) is 12.0 Å². The average Bonchev–Trinajstić information content (AvgIpc) is 2.84. The Kier molecular flexibility index (Phi) is 7.08. The SMILES string of the molecule is CSCCC(C(=O)O)N1C(=O)/C(=C/C=C/c2ccccc2)SC1=S. The smallest absolute Gasteiger partial charge is 0.326 e. The van der Waals surface area contributed by atoms with Gasteiger partial charge in [0, 0.05) is 0 Å². The number of hydrogen-bond donors (Lipinski definition) is 1. The Balaban J connectivity index is 2.13. The molecule has 1 atom stereocenters. The van der Waals surface area contributed by atoms with Crippen LogP contribution in [0.15, 0.2) is 47.4 Å². The minimum atomic E-state index is -1.03. The number of nitrogens with zero attached hydrogens (tertiary/aromatic N) is 1. The van der Waals surface area contributed by atoms with E-state index in [0.717, 1.165) is 17.3 Å². The molecule has 1 N–H and O–H groups in total. The molecule has 1 aromatic carbocycles. The molecule has 0 aliphatic carbocycles. The summed E-state index contributed by atoms with van der Waals surface area (Å²) in [6, 6.07) is 8.80. The maximum absolute atomic E-state index is 12.5. The van der Waals surface area contributed by atoms with Gasteiger partial charge >= 0.3 is 5.97 Å². The molecule has 0 spiro atoms. The lowest BCUT2D eigenvalue weighted by Gasteiger charge is -2.22. The number of hydrogen-bond acceptors (Lipinski definition) is 5. The third-order valence-corrected chi connectivity index (χ3v) is 5.34. The van der Waals surface area contributed by atoms with E-state index >= 15 is 0 Å². The molecule has 1 amide bonds. The highest BCUT2D eigenvalue weighted by atomic mass is 32.2. The maximum atomic E-state index is 12.5. The van der Waals surface area contributed by atoms with Gasteiger partial charge in [0.15, 0.2) is 0 Å². The van der Waals surface area contributed by atoms with E-state index in [9.17, 15) is 14.7 Å². The van der Waals surface area contributed by atoms with Gasteiger partial charge in [-0.1, -0.05) is 66.5 Å². The van der Waals surface area contributed by atoms with Gasteiger partial charge in [0.2, 0.25) is 0 Å². The number of carbonyl (C=O) groups excluding carboxylic acids is 1. The molecule has 1 heterocycles. The Morgan fingerprint density at radius 1 is 1.42 bits per heavy atom. The number of aliphatic carboxylic acids is 1. The zero-order chi connectivity index (χ0) is 17.5. The zero-order valence-corrected chi connectivity index (χ0v) is 15.5. The van der Waals surface area contributed by atoms with Crippen LogP contribution in [0.2, 0.25) is 0 Å². The molecule has 1 aromatic rings. The van der Waals surface area contributed by atoms with E-state index in [4.69, 9.17) is 12.2 Å². The third kappa shape index (κ3) is 4.72. The summed E-state index contributed by atoms with van der Waals surface area (Å²) in [5, 5.41) is 9.40. The van der Waals surface area contributed by atoms with Crippen molar-refractivity contribution in [1.29, 1.82) is 0 Å². The Morgan fingerprint density at radius 3 is 2.75 bits per heavy atom. The largest absolute Gasteiger partial charge is 0.480 e. The van der Waals surface area contributed by atoms with E-state index in [1.165, 1.54) is 4.90 Å². The van der Waals surface area contributed by atoms with E-state index in [0.29, 0.717) is 21.4 Å². The van der Waals surface area contributed by atoms with Crippen molar-refractivity contribution in [2.75, 3.05) is 12.0 Å². The molecule has 0 saturated carbocycles. The van der Waals surface area contributed by atoms with E-state index in [1.807, 2.05) is 42.7 Å². The molecule has 7 heteroatoms. The molecule has 1 unspecified atom stereocenters. The fourth-order valence-electron chi connectivity index (χ4n) is 2.17. The van der Waals surface area contributed by atoms with Crippen molar-refractivity contribution in [1.82, 2.24) is 4.90 Å². The molecule has 0 radical (unpaired) electrons. The van der Waals surface area contributed by atoms with Crippen molar-refractivity contribution in [2.45, 2.75) is 12.5 Å². The number of carbonyl (C=O) groups is 2. The highest BCUT2D eigenvalue weighted by Crippen LogP contribution is 2.33. The van der Waals surface area contributed by atoms with Crippen molar-refractivity contribution >= 4 is 58.0 Å². The van der Waals surface area contributed by atoms with Crippen LogP contribution in [-0.4, -0.2) is 44.3 Å². The van der Waals surface area contributed by atoms with Crippen molar-refractivity contribution in [3.05, 3.63) is 53.0 Å². The van der Waals surface area contributed by atoms with Gasteiger partial charge in [-0.2, -0.15) is 11.8 Å². The standard InChI is InChI=1S/C17H17NO3S3/c1-23-11-10-13(16(20)21)18-15(19)14(24-17(18)22)9-5-8-12-6-3-2-4-7-12/h2-9,13H,10-11H2,1H3,(H,20,21)/b8-5+,14-9-. The van der Waals surface area contributed by atoms with E-state index in [2.05, 4.69) is 0 Å². The fraction of sp³-hybridized carbons (Fsp3) is 0.235. The second-order valence-electron chi connectivity index (χ2n) is 4.98. The van der Waals surface area contributed by atoms with E-state index < -0.39 is 12.0 Å². The topological polar surface area (TPSA) is 57.6 Å². The van der Waals surface area contributed by atoms with Gasteiger partial charge in [-0.05, 0) is 30.1 Å². The minimum absolute atomic E-state index is 0.299. The molecule has 126 valence electrons. The van der Waals surface area contributed by atoms with Crippen LogP contribution >= 0.6 is 35.7 Å². The molecule has 1 saturated heterocycles. The number of amides is 1. The molecule has 1 aliphatic heterocycles. The number of carboxylic acid groups (broad SMARTS) is 1. The number of carboxylic acids is 1. The molecule has 1 aliphatic rings. The zero-order valence-electron chi connectivity index (χ0n) is 13.0. The quantitative estimate of drug-likeness (QED) is 0.576.